The van der Waals surface area contributed by atoms with Crippen LogP contribution in [0.25, 0.3) is 0 Å². The quantitative estimate of drug-likeness (QED) is 0.532. The van der Waals surface area contributed by atoms with Gasteiger partial charge in [0, 0.05) is 23.1 Å². The predicted octanol–water partition coefficient (Wildman–Crippen LogP) is 5.93. The first kappa shape index (κ1) is 23.6. The Balaban J connectivity index is 2.72. The van der Waals surface area contributed by atoms with Gasteiger partial charge in [-0.1, -0.05) is 31.5 Å². The van der Waals surface area contributed by atoms with Crippen molar-refractivity contribution in [2.24, 2.45) is 0 Å². The number of amides is 1. The zero-order valence-corrected chi connectivity index (χ0v) is 19.9. The van der Waals surface area contributed by atoms with Gasteiger partial charge in [0.2, 0.25) is 0 Å². The lowest BCUT2D eigenvalue weighted by molar-refractivity contribution is 0.0597. The normalized spacial score (nSPS) is 11.7. The average Bonchev–Trinajstić information content (AvgIpc) is 2.57. The minimum Gasteiger partial charge on any atom is -0.443 e. The summed E-state index contributed by atoms with van der Waals surface area (Å²) in [5.74, 6) is 1.04. The summed E-state index contributed by atoms with van der Waals surface area (Å²) in [6.45, 7) is 11.1. The van der Waals surface area contributed by atoms with E-state index in [4.69, 9.17) is 16.3 Å². The van der Waals surface area contributed by atoms with Crippen LogP contribution in [0.3, 0.4) is 0 Å². The molecule has 0 saturated heterocycles. The minimum atomic E-state index is -0.706. The Morgan fingerprint density at radius 2 is 1.97 bits per heavy atom. The van der Waals surface area contributed by atoms with Crippen molar-refractivity contribution < 1.29 is 14.6 Å². The highest BCUT2D eigenvalue weighted by atomic mass is 79.9. The van der Waals surface area contributed by atoms with Gasteiger partial charge in [-0.3, -0.25) is 0 Å². The lowest BCUT2D eigenvalue weighted by atomic mass is 10.0. The Morgan fingerprint density at radius 3 is 2.48 bits per heavy atom. The molecular formula is C21H27BrClN3O3. The van der Waals surface area contributed by atoms with Crippen molar-refractivity contribution in [2.75, 3.05) is 11.5 Å². The van der Waals surface area contributed by atoms with Crippen molar-refractivity contribution in [1.29, 1.82) is 0 Å². The fraction of sp³-hybridized carbons (Fsp3) is 0.476. The van der Waals surface area contributed by atoms with Crippen LogP contribution in [0.4, 0.5) is 16.3 Å². The molecule has 0 spiro atoms. The van der Waals surface area contributed by atoms with E-state index >= 15 is 0 Å². The number of aliphatic hydroxyl groups excluding tert-OH is 1. The Bertz CT molecular complexity index is 897. The summed E-state index contributed by atoms with van der Waals surface area (Å²) in [5, 5.41) is 9.71. The Labute approximate surface area is 185 Å². The van der Waals surface area contributed by atoms with Gasteiger partial charge in [-0.15, -0.1) is 0 Å². The third kappa shape index (κ3) is 5.90. The van der Waals surface area contributed by atoms with Crippen LogP contribution in [-0.2, 0) is 11.2 Å². The number of nitrogens with zero attached hydrogens (tertiary/aromatic N) is 3. The second-order valence-corrected chi connectivity index (χ2v) is 9.23. The number of aliphatic hydroxyl groups is 1. The molecule has 0 aliphatic heterocycles. The van der Waals surface area contributed by atoms with Crippen molar-refractivity contribution in [1.82, 2.24) is 9.97 Å². The number of benzene rings is 1. The third-order valence-corrected chi connectivity index (χ3v) is 5.02. The Morgan fingerprint density at radius 1 is 1.31 bits per heavy atom. The zero-order chi connectivity index (χ0) is 21.9. The van der Waals surface area contributed by atoms with Gasteiger partial charge >= 0.3 is 6.09 Å². The molecule has 1 N–H and O–H groups in total. The van der Waals surface area contributed by atoms with Crippen molar-refractivity contribution in [2.45, 2.75) is 59.5 Å². The molecule has 0 atom stereocenters. The Kier molecular flexibility index (Phi) is 7.65. The molecule has 0 aliphatic rings. The summed E-state index contributed by atoms with van der Waals surface area (Å²) in [5.41, 5.74) is 1.46. The summed E-state index contributed by atoms with van der Waals surface area (Å²) < 4.78 is 6.37. The monoisotopic (exact) mass is 483 g/mol. The molecule has 1 amide bonds. The topological polar surface area (TPSA) is 75.6 Å². The number of hydrogen-bond donors (Lipinski definition) is 1. The predicted molar refractivity (Wildman–Crippen MR) is 119 cm³/mol. The highest BCUT2D eigenvalue weighted by Gasteiger charge is 2.30. The molecule has 158 valence electrons. The summed E-state index contributed by atoms with van der Waals surface area (Å²) >= 11 is 9.92. The van der Waals surface area contributed by atoms with Crippen LogP contribution >= 0.6 is 27.5 Å². The van der Waals surface area contributed by atoms with E-state index in [0.717, 1.165) is 10.0 Å². The number of halogens is 2. The molecule has 29 heavy (non-hydrogen) atoms. The van der Waals surface area contributed by atoms with E-state index in [1.807, 2.05) is 18.2 Å². The van der Waals surface area contributed by atoms with E-state index in [9.17, 15) is 9.90 Å². The van der Waals surface area contributed by atoms with Crippen LogP contribution in [0.15, 0.2) is 22.7 Å². The molecular weight excluding hydrogens is 458 g/mol. The lowest BCUT2D eigenvalue weighted by Crippen LogP contribution is -2.35. The highest BCUT2D eigenvalue weighted by molar-refractivity contribution is 9.10. The van der Waals surface area contributed by atoms with Gasteiger partial charge in [0.25, 0.3) is 0 Å². The van der Waals surface area contributed by atoms with Gasteiger partial charge in [0.05, 0.1) is 5.69 Å². The lowest BCUT2D eigenvalue weighted by Gasteiger charge is -2.29. The van der Waals surface area contributed by atoms with E-state index in [0.29, 0.717) is 28.8 Å². The molecule has 2 rings (SSSR count). The molecule has 0 aliphatic carbocycles. The molecule has 1 aromatic heterocycles. The fourth-order valence-corrected chi connectivity index (χ4v) is 3.60. The maximum atomic E-state index is 13.2. The van der Waals surface area contributed by atoms with E-state index in [1.54, 1.807) is 27.7 Å². The largest absolute Gasteiger partial charge is 0.443 e. The van der Waals surface area contributed by atoms with Gasteiger partial charge in [-0.25, -0.2) is 19.7 Å². The Hall–Kier alpha value is -1.70. The van der Waals surface area contributed by atoms with Gasteiger partial charge in [-0.2, -0.15) is 0 Å². The molecule has 0 saturated carbocycles. The van der Waals surface area contributed by atoms with Gasteiger partial charge in [0.15, 0.2) is 5.82 Å². The molecule has 0 fully saturated rings. The van der Waals surface area contributed by atoms with E-state index in [-0.39, 0.29) is 18.2 Å². The number of carbonyl (C=O) groups excluding carboxylic acids is 1. The molecule has 0 unspecified atom stereocenters. The number of hydrogen-bond acceptors (Lipinski definition) is 5. The third-order valence-electron chi connectivity index (χ3n) is 4.08. The highest BCUT2D eigenvalue weighted by Crippen LogP contribution is 2.37. The first-order chi connectivity index (χ1) is 13.4. The second-order valence-electron chi connectivity index (χ2n) is 8.02. The van der Waals surface area contributed by atoms with Crippen LogP contribution in [-0.4, -0.2) is 33.4 Å². The van der Waals surface area contributed by atoms with Crippen molar-refractivity contribution in [3.63, 3.8) is 0 Å². The first-order valence-electron chi connectivity index (χ1n) is 9.41. The van der Waals surface area contributed by atoms with Gasteiger partial charge in [-0.05, 0) is 67.2 Å². The summed E-state index contributed by atoms with van der Waals surface area (Å²) in [6.07, 6.45) is -0.390. The fourth-order valence-electron chi connectivity index (χ4n) is 2.73. The second kappa shape index (κ2) is 9.41. The SMILES string of the molecule is Cc1nc(Cl)c(CCO)c(N(C(=O)OC(C)(C)C)c2ccc(C(C)C)cc2Br)n1. The molecule has 8 heteroatoms. The van der Waals surface area contributed by atoms with Crippen LogP contribution in [0, 0.1) is 6.92 Å². The van der Waals surface area contributed by atoms with Crippen LogP contribution in [0.5, 0.6) is 0 Å². The van der Waals surface area contributed by atoms with E-state index in [2.05, 4.69) is 39.7 Å². The molecule has 1 heterocycles. The summed E-state index contributed by atoms with van der Waals surface area (Å²) in [7, 11) is 0. The molecule has 0 radical (unpaired) electrons. The van der Waals surface area contributed by atoms with Crippen LogP contribution in [0.1, 0.15) is 57.5 Å². The summed E-state index contributed by atoms with van der Waals surface area (Å²) in [4.78, 5) is 23.3. The first-order valence-corrected chi connectivity index (χ1v) is 10.6. The van der Waals surface area contributed by atoms with Crippen molar-refractivity contribution >= 4 is 45.1 Å². The average molecular weight is 485 g/mol. The maximum absolute atomic E-state index is 13.2. The number of aryl methyl sites for hydroxylation is 1. The molecule has 6 nitrogen and oxygen atoms in total. The van der Waals surface area contributed by atoms with Crippen LogP contribution < -0.4 is 4.90 Å². The number of ether oxygens (including phenoxy) is 1. The zero-order valence-electron chi connectivity index (χ0n) is 17.6. The van der Waals surface area contributed by atoms with Crippen LogP contribution in [0.2, 0.25) is 5.15 Å². The standard InChI is InChI=1S/C21H27BrClN3O3/c1-12(2)14-7-8-17(16(22)11-14)26(20(28)29-21(4,5)6)19-15(9-10-27)18(23)24-13(3)25-19/h7-8,11-12,27H,9-10H2,1-6H3. The number of aromatic nitrogens is 2. The minimum absolute atomic E-state index is 0.158. The van der Waals surface area contributed by atoms with Gasteiger partial charge < -0.3 is 9.84 Å². The number of carbonyl (C=O) groups is 1. The maximum Gasteiger partial charge on any atom is 0.420 e. The smallest absolute Gasteiger partial charge is 0.420 e. The molecule has 0 bridgehead atoms. The van der Waals surface area contributed by atoms with E-state index in [1.165, 1.54) is 4.90 Å². The number of anilines is 2. The van der Waals surface area contributed by atoms with E-state index < -0.39 is 11.7 Å². The van der Waals surface area contributed by atoms with Crippen molar-refractivity contribution in [3.05, 3.63) is 44.8 Å². The summed E-state index contributed by atoms with van der Waals surface area (Å²) in [6, 6.07) is 5.78. The molecule has 1 aromatic carbocycles. The van der Waals surface area contributed by atoms with Gasteiger partial charge in [0.1, 0.15) is 16.6 Å². The van der Waals surface area contributed by atoms with Crippen molar-refractivity contribution in [3.8, 4) is 0 Å². The number of rotatable bonds is 5. The molecule has 2 aromatic rings.